The van der Waals surface area contributed by atoms with Crippen LogP contribution in [0.1, 0.15) is 13.3 Å². The third-order valence-corrected chi connectivity index (χ3v) is 4.20. The number of aromatic amines is 1. The summed E-state index contributed by atoms with van der Waals surface area (Å²) in [6.45, 7) is 2.17. The molecule has 0 fully saturated rings. The molecule has 1 aliphatic rings. The maximum absolute atomic E-state index is 12.3. The van der Waals surface area contributed by atoms with Crippen LogP contribution in [-0.2, 0) is 4.79 Å². The third-order valence-electron chi connectivity index (χ3n) is 2.95. The number of nitrogens with one attached hydrogen (secondary N) is 2. The number of anilines is 1. The zero-order valence-corrected chi connectivity index (χ0v) is 12.1. The molecule has 21 heavy (non-hydrogen) atoms. The highest BCUT2D eigenvalue weighted by Gasteiger charge is 2.20. The van der Waals surface area contributed by atoms with Crippen molar-refractivity contribution in [3.05, 3.63) is 24.5 Å². The highest BCUT2D eigenvalue weighted by Crippen LogP contribution is 2.34. The van der Waals surface area contributed by atoms with E-state index in [1.54, 1.807) is 18.2 Å². The lowest BCUT2D eigenvalue weighted by Gasteiger charge is -2.13. The molecule has 1 unspecified atom stereocenters. The van der Waals surface area contributed by atoms with Crippen molar-refractivity contribution in [3.63, 3.8) is 0 Å². The molecular formula is C13H14N4O3S. The number of amides is 1. The van der Waals surface area contributed by atoms with Crippen LogP contribution in [0, 0.1) is 0 Å². The zero-order valence-electron chi connectivity index (χ0n) is 11.3. The number of rotatable bonds is 5. The van der Waals surface area contributed by atoms with Gasteiger partial charge in [0.15, 0.2) is 16.7 Å². The fraction of sp³-hybridized carbons (Fsp3) is 0.308. The lowest BCUT2D eigenvalue weighted by Crippen LogP contribution is -2.24. The summed E-state index contributed by atoms with van der Waals surface area (Å²) in [4.78, 5) is 16.3. The molecule has 8 heteroatoms. The Kier molecular flexibility index (Phi) is 3.96. The van der Waals surface area contributed by atoms with E-state index in [2.05, 4.69) is 20.5 Å². The van der Waals surface area contributed by atoms with Gasteiger partial charge in [-0.05, 0) is 18.6 Å². The fourth-order valence-electron chi connectivity index (χ4n) is 1.91. The Bertz CT molecular complexity index is 632. The zero-order chi connectivity index (χ0) is 14.7. The van der Waals surface area contributed by atoms with Gasteiger partial charge in [0.25, 0.3) is 0 Å². The lowest BCUT2D eigenvalue weighted by molar-refractivity contribution is -0.115. The Morgan fingerprint density at radius 1 is 1.48 bits per heavy atom. The number of benzene rings is 1. The number of hydrogen-bond donors (Lipinski definition) is 2. The number of thioether (sulfide) groups is 1. The summed E-state index contributed by atoms with van der Waals surface area (Å²) in [5.74, 6) is 1.25. The van der Waals surface area contributed by atoms with Gasteiger partial charge in [0.1, 0.15) is 6.33 Å². The van der Waals surface area contributed by atoms with E-state index in [1.165, 1.54) is 18.1 Å². The van der Waals surface area contributed by atoms with Crippen LogP contribution in [0.5, 0.6) is 11.5 Å². The van der Waals surface area contributed by atoms with Crippen LogP contribution >= 0.6 is 11.8 Å². The summed E-state index contributed by atoms with van der Waals surface area (Å²) >= 11 is 1.35. The van der Waals surface area contributed by atoms with E-state index in [0.29, 0.717) is 28.8 Å². The molecule has 0 spiro atoms. The monoisotopic (exact) mass is 306 g/mol. The Morgan fingerprint density at radius 2 is 2.33 bits per heavy atom. The van der Waals surface area contributed by atoms with Crippen LogP contribution < -0.4 is 14.8 Å². The normalized spacial score (nSPS) is 14.0. The molecule has 2 heterocycles. The quantitative estimate of drug-likeness (QED) is 0.822. The first-order valence-electron chi connectivity index (χ1n) is 6.49. The van der Waals surface area contributed by atoms with Crippen molar-refractivity contribution in [3.8, 4) is 11.5 Å². The predicted molar refractivity (Wildman–Crippen MR) is 77.5 cm³/mol. The molecular weight excluding hydrogens is 292 g/mol. The number of nitrogens with zero attached hydrogens (tertiary/aromatic N) is 2. The Balaban J connectivity index is 1.66. The SMILES string of the molecule is CCC(Sc1ncn[nH]1)C(=O)Nc1ccc2c(c1)OCO2. The number of carbonyl (C=O) groups excluding carboxylic acids is 1. The first-order chi connectivity index (χ1) is 10.3. The summed E-state index contributed by atoms with van der Waals surface area (Å²) in [5.41, 5.74) is 0.681. The maximum atomic E-state index is 12.3. The van der Waals surface area contributed by atoms with Crippen molar-refractivity contribution in [1.29, 1.82) is 0 Å². The molecule has 0 radical (unpaired) electrons. The molecule has 1 aromatic heterocycles. The standard InChI is InChI=1S/C13H14N4O3S/c1-2-11(21-13-14-6-15-17-13)12(18)16-8-3-4-9-10(5-8)20-7-19-9/h3-6,11H,2,7H2,1H3,(H,16,18)(H,14,15,17). The Labute approximate surface area is 125 Å². The van der Waals surface area contributed by atoms with Crippen molar-refractivity contribution in [2.75, 3.05) is 12.1 Å². The van der Waals surface area contributed by atoms with Gasteiger partial charge in [-0.3, -0.25) is 9.89 Å². The molecule has 2 aromatic rings. The van der Waals surface area contributed by atoms with Crippen LogP contribution in [0.2, 0.25) is 0 Å². The highest BCUT2D eigenvalue weighted by atomic mass is 32.2. The number of H-pyrrole nitrogens is 1. The second-order valence-corrected chi connectivity index (χ2v) is 5.55. The third kappa shape index (κ3) is 3.10. The smallest absolute Gasteiger partial charge is 0.237 e. The molecule has 3 rings (SSSR count). The largest absolute Gasteiger partial charge is 0.454 e. The van der Waals surface area contributed by atoms with Gasteiger partial charge in [-0.25, -0.2) is 4.98 Å². The number of fused-ring (bicyclic) bond motifs is 1. The van der Waals surface area contributed by atoms with Crippen LogP contribution in [0.15, 0.2) is 29.7 Å². The Morgan fingerprint density at radius 3 is 3.10 bits per heavy atom. The molecule has 7 nitrogen and oxygen atoms in total. The van der Waals surface area contributed by atoms with Gasteiger partial charge >= 0.3 is 0 Å². The summed E-state index contributed by atoms with van der Waals surface area (Å²) < 4.78 is 10.5. The van der Waals surface area contributed by atoms with Crippen LogP contribution in [0.3, 0.4) is 0 Å². The van der Waals surface area contributed by atoms with E-state index in [4.69, 9.17) is 9.47 Å². The first kappa shape index (κ1) is 13.7. The van der Waals surface area contributed by atoms with E-state index in [-0.39, 0.29) is 18.0 Å². The number of ether oxygens (including phenoxy) is 2. The minimum Gasteiger partial charge on any atom is -0.454 e. The van der Waals surface area contributed by atoms with E-state index < -0.39 is 0 Å². The summed E-state index contributed by atoms with van der Waals surface area (Å²) in [6.07, 6.45) is 2.10. The molecule has 0 aliphatic carbocycles. The van der Waals surface area contributed by atoms with Crippen molar-refractivity contribution < 1.29 is 14.3 Å². The van der Waals surface area contributed by atoms with E-state index in [0.717, 1.165) is 0 Å². The molecule has 0 bridgehead atoms. The number of hydrogen-bond acceptors (Lipinski definition) is 6. The molecule has 1 amide bonds. The van der Waals surface area contributed by atoms with Crippen LogP contribution in [0.25, 0.3) is 0 Å². The molecule has 1 aromatic carbocycles. The fourth-order valence-corrected chi connectivity index (χ4v) is 2.72. The minimum absolute atomic E-state index is 0.0854. The van der Waals surface area contributed by atoms with Crippen LogP contribution in [0.4, 0.5) is 5.69 Å². The van der Waals surface area contributed by atoms with Crippen molar-refractivity contribution >= 4 is 23.4 Å². The average Bonchev–Trinajstić information content (AvgIpc) is 3.15. The van der Waals surface area contributed by atoms with E-state index in [9.17, 15) is 4.79 Å². The molecule has 0 saturated carbocycles. The molecule has 1 atom stereocenters. The van der Waals surface area contributed by atoms with Crippen molar-refractivity contribution in [1.82, 2.24) is 15.2 Å². The summed E-state index contributed by atoms with van der Waals surface area (Å²) in [7, 11) is 0. The van der Waals surface area contributed by atoms with E-state index >= 15 is 0 Å². The first-order valence-corrected chi connectivity index (χ1v) is 7.36. The van der Waals surface area contributed by atoms with Gasteiger partial charge in [0.2, 0.25) is 12.7 Å². The van der Waals surface area contributed by atoms with Crippen molar-refractivity contribution in [2.24, 2.45) is 0 Å². The minimum atomic E-state index is -0.247. The number of aromatic nitrogens is 3. The van der Waals surface area contributed by atoms with Crippen LogP contribution in [-0.4, -0.2) is 33.1 Å². The average molecular weight is 306 g/mol. The maximum Gasteiger partial charge on any atom is 0.237 e. The molecule has 2 N–H and O–H groups in total. The van der Waals surface area contributed by atoms with Gasteiger partial charge in [-0.1, -0.05) is 18.7 Å². The molecule has 110 valence electrons. The van der Waals surface area contributed by atoms with Gasteiger partial charge in [0.05, 0.1) is 5.25 Å². The van der Waals surface area contributed by atoms with Gasteiger partial charge in [0, 0.05) is 11.8 Å². The predicted octanol–water partition coefficient (Wildman–Crippen LogP) is 2.04. The second-order valence-electron chi connectivity index (χ2n) is 4.36. The topological polar surface area (TPSA) is 89.1 Å². The summed E-state index contributed by atoms with van der Waals surface area (Å²) in [6, 6.07) is 5.33. The number of carbonyl (C=O) groups is 1. The molecule has 0 saturated heterocycles. The second kappa shape index (κ2) is 6.04. The Hall–Kier alpha value is -2.22. The van der Waals surface area contributed by atoms with Crippen molar-refractivity contribution in [2.45, 2.75) is 23.8 Å². The summed E-state index contributed by atoms with van der Waals surface area (Å²) in [5, 5.41) is 9.77. The molecule has 1 aliphatic heterocycles. The van der Waals surface area contributed by atoms with Gasteiger partial charge < -0.3 is 14.8 Å². The van der Waals surface area contributed by atoms with E-state index in [1.807, 2.05) is 6.92 Å². The highest BCUT2D eigenvalue weighted by molar-refractivity contribution is 8.00. The van der Waals surface area contributed by atoms with Gasteiger partial charge in [-0.15, -0.1) is 0 Å². The van der Waals surface area contributed by atoms with Gasteiger partial charge in [-0.2, -0.15) is 5.10 Å². The lowest BCUT2D eigenvalue weighted by atomic mass is 10.2.